The average molecular weight is 226 g/mol. The summed E-state index contributed by atoms with van der Waals surface area (Å²) in [6, 6.07) is -0.0630. The van der Waals surface area contributed by atoms with Crippen LogP contribution in [-0.4, -0.2) is 24.0 Å². The molecule has 1 saturated carbocycles. The van der Waals surface area contributed by atoms with E-state index in [1.807, 2.05) is 6.92 Å². The topological polar surface area (TPSA) is 41.1 Å². The first-order valence-corrected chi connectivity index (χ1v) is 6.63. The predicted octanol–water partition coefficient (Wildman–Crippen LogP) is 2.21. The lowest BCUT2D eigenvalue weighted by Gasteiger charge is -2.41. The Morgan fingerprint density at radius 1 is 1.38 bits per heavy atom. The Hall–Kier alpha value is -0.570. The van der Waals surface area contributed by atoms with Gasteiger partial charge in [0.25, 0.3) is 0 Å². The van der Waals surface area contributed by atoms with Crippen molar-refractivity contribution >= 4 is 5.91 Å². The van der Waals surface area contributed by atoms with E-state index >= 15 is 0 Å². The molecule has 3 heteroatoms. The van der Waals surface area contributed by atoms with E-state index in [0.29, 0.717) is 0 Å². The average Bonchev–Trinajstić information content (AvgIpc) is 2.21. The van der Waals surface area contributed by atoms with Gasteiger partial charge in [-0.3, -0.25) is 4.79 Å². The van der Waals surface area contributed by atoms with Gasteiger partial charge in [-0.25, -0.2) is 0 Å². The van der Waals surface area contributed by atoms with Gasteiger partial charge in [0.1, 0.15) is 0 Å². The number of unbranched alkanes of at least 4 members (excludes halogenated alkanes) is 2. The monoisotopic (exact) mass is 226 g/mol. The Labute approximate surface area is 99.4 Å². The lowest BCUT2D eigenvalue weighted by molar-refractivity contribution is -0.123. The number of hydrogen-bond acceptors (Lipinski definition) is 2. The molecule has 0 bridgehead atoms. The lowest BCUT2D eigenvalue weighted by Crippen LogP contribution is -2.56. The van der Waals surface area contributed by atoms with Crippen molar-refractivity contribution < 1.29 is 4.79 Å². The molecule has 3 nitrogen and oxygen atoms in total. The van der Waals surface area contributed by atoms with Crippen LogP contribution in [0.25, 0.3) is 0 Å². The van der Waals surface area contributed by atoms with Gasteiger partial charge < -0.3 is 10.6 Å². The van der Waals surface area contributed by atoms with Gasteiger partial charge in [-0.15, -0.1) is 0 Å². The lowest BCUT2D eigenvalue weighted by atomic mass is 9.78. The van der Waals surface area contributed by atoms with Crippen molar-refractivity contribution in [1.82, 2.24) is 10.6 Å². The van der Waals surface area contributed by atoms with Crippen LogP contribution in [0.3, 0.4) is 0 Å². The number of amides is 1. The predicted molar refractivity (Wildman–Crippen MR) is 67.4 cm³/mol. The van der Waals surface area contributed by atoms with Crippen LogP contribution in [0.15, 0.2) is 0 Å². The van der Waals surface area contributed by atoms with E-state index in [-0.39, 0.29) is 17.5 Å². The molecule has 0 radical (unpaired) electrons. The fourth-order valence-corrected chi connectivity index (χ4v) is 2.18. The zero-order valence-electron chi connectivity index (χ0n) is 10.9. The van der Waals surface area contributed by atoms with Crippen molar-refractivity contribution in [2.45, 2.75) is 70.9 Å². The molecule has 1 fully saturated rings. The van der Waals surface area contributed by atoms with Gasteiger partial charge in [-0.2, -0.15) is 0 Å². The van der Waals surface area contributed by atoms with Gasteiger partial charge in [0.2, 0.25) is 5.91 Å². The molecule has 0 aliphatic heterocycles. The van der Waals surface area contributed by atoms with E-state index in [2.05, 4.69) is 24.5 Å². The summed E-state index contributed by atoms with van der Waals surface area (Å²) < 4.78 is 0. The Morgan fingerprint density at radius 3 is 2.56 bits per heavy atom. The molecule has 94 valence electrons. The molecular weight excluding hydrogens is 200 g/mol. The van der Waals surface area contributed by atoms with E-state index in [1.54, 1.807) is 0 Å². The first kappa shape index (κ1) is 13.5. The summed E-state index contributed by atoms with van der Waals surface area (Å²) in [7, 11) is 0. The molecule has 1 rings (SSSR count). The molecule has 1 unspecified atom stereocenters. The maximum atomic E-state index is 11.8. The van der Waals surface area contributed by atoms with E-state index in [4.69, 9.17) is 0 Å². The number of carbonyl (C=O) groups is 1. The molecule has 0 aromatic carbocycles. The summed E-state index contributed by atoms with van der Waals surface area (Å²) in [5.41, 5.74) is 0.209. The molecule has 0 aromatic rings. The Balaban J connectivity index is 2.15. The highest BCUT2D eigenvalue weighted by Crippen LogP contribution is 2.31. The fraction of sp³-hybridized carbons (Fsp3) is 0.923. The molecule has 16 heavy (non-hydrogen) atoms. The molecule has 1 aliphatic carbocycles. The van der Waals surface area contributed by atoms with Crippen LogP contribution in [0, 0.1) is 0 Å². The largest absolute Gasteiger partial charge is 0.355 e. The summed E-state index contributed by atoms with van der Waals surface area (Å²) in [6.45, 7) is 7.15. The zero-order valence-corrected chi connectivity index (χ0v) is 10.9. The van der Waals surface area contributed by atoms with Crippen LogP contribution in [0.5, 0.6) is 0 Å². The molecule has 0 heterocycles. The van der Waals surface area contributed by atoms with Crippen molar-refractivity contribution in [1.29, 1.82) is 0 Å². The minimum Gasteiger partial charge on any atom is -0.355 e. The van der Waals surface area contributed by atoms with Gasteiger partial charge in [0.15, 0.2) is 0 Å². The van der Waals surface area contributed by atoms with E-state index < -0.39 is 0 Å². The minimum atomic E-state index is -0.0630. The number of rotatable bonds is 7. The van der Waals surface area contributed by atoms with Crippen molar-refractivity contribution in [3.8, 4) is 0 Å². The molecule has 2 N–H and O–H groups in total. The van der Waals surface area contributed by atoms with Crippen LogP contribution in [-0.2, 0) is 4.79 Å². The number of nitrogens with one attached hydrogen (secondary N) is 2. The fourth-order valence-electron chi connectivity index (χ4n) is 2.18. The second-order valence-corrected chi connectivity index (χ2v) is 5.28. The molecule has 0 saturated heterocycles. The third-order valence-corrected chi connectivity index (χ3v) is 3.49. The Kier molecular flexibility index (Phi) is 5.26. The van der Waals surface area contributed by atoms with Gasteiger partial charge >= 0.3 is 0 Å². The van der Waals surface area contributed by atoms with Crippen molar-refractivity contribution in [3.05, 3.63) is 0 Å². The van der Waals surface area contributed by atoms with Crippen LogP contribution >= 0.6 is 0 Å². The van der Waals surface area contributed by atoms with Crippen LogP contribution in [0.2, 0.25) is 0 Å². The second-order valence-electron chi connectivity index (χ2n) is 5.28. The van der Waals surface area contributed by atoms with Crippen molar-refractivity contribution in [2.24, 2.45) is 0 Å². The molecule has 1 amide bonds. The zero-order chi connectivity index (χ0) is 12.0. The van der Waals surface area contributed by atoms with E-state index in [1.165, 1.54) is 32.1 Å². The van der Waals surface area contributed by atoms with Gasteiger partial charge in [-0.1, -0.05) is 19.8 Å². The minimum absolute atomic E-state index is 0.0630. The standard InChI is InChI=1S/C13H26N2O/c1-4-5-6-10-14-12(16)11(2)15-13(3)8-7-9-13/h11,15H,4-10H2,1-3H3,(H,14,16). The quantitative estimate of drug-likeness (QED) is 0.654. The summed E-state index contributed by atoms with van der Waals surface area (Å²) >= 11 is 0. The van der Waals surface area contributed by atoms with E-state index in [9.17, 15) is 4.79 Å². The Morgan fingerprint density at radius 2 is 2.06 bits per heavy atom. The first-order chi connectivity index (χ1) is 7.57. The third-order valence-electron chi connectivity index (χ3n) is 3.49. The molecule has 1 aliphatic rings. The first-order valence-electron chi connectivity index (χ1n) is 6.63. The smallest absolute Gasteiger partial charge is 0.236 e. The number of carbonyl (C=O) groups excluding carboxylic acids is 1. The van der Waals surface area contributed by atoms with Crippen LogP contribution < -0.4 is 10.6 Å². The molecule has 1 atom stereocenters. The maximum Gasteiger partial charge on any atom is 0.236 e. The van der Waals surface area contributed by atoms with Crippen LogP contribution in [0.1, 0.15) is 59.3 Å². The van der Waals surface area contributed by atoms with Gasteiger partial charge in [0.05, 0.1) is 6.04 Å². The summed E-state index contributed by atoms with van der Waals surface area (Å²) in [5, 5.41) is 6.41. The third kappa shape index (κ3) is 4.12. The molecule has 0 aromatic heterocycles. The van der Waals surface area contributed by atoms with Gasteiger partial charge in [0, 0.05) is 12.1 Å². The SMILES string of the molecule is CCCCCNC(=O)C(C)NC1(C)CCC1. The second kappa shape index (κ2) is 6.24. The highest BCUT2D eigenvalue weighted by Gasteiger charge is 2.33. The van der Waals surface area contributed by atoms with Gasteiger partial charge in [-0.05, 0) is 39.5 Å². The Bertz CT molecular complexity index is 224. The highest BCUT2D eigenvalue weighted by atomic mass is 16.2. The summed E-state index contributed by atoms with van der Waals surface area (Å²) in [5.74, 6) is 0.143. The molecule has 0 spiro atoms. The maximum absolute atomic E-state index is 11.8. The number of hydrogen-bond donors (Lipinski definition) is 2. The highest BCUT2D eigenvalue weighted by molar-refractivity contribution is 5.81. The van der Waals surface area contributed by atoms with Crippen LogP contribution in [0.4, 0.5) is 0 Å². The summed E-state index contributed by atoms with van der Waals surface area (Å²) in [4.78, 5) is 11.8. The summed E-state index contributed by atoms with van der Waals surface area (Å²) in [6.07, 6.45) is 7.16. The molecular formula is C13H26N2O. The normalized spacial score (nSPS) is 19.9. The van der Waals surface area contributed by atoms with E-state index in [0.717, 1.165) is 13.0 Å². The van der Waals surface area contributed by atoms with Crippen molar-refractivity contribution in [2.75, 3.05) is 6.54 Å². The van der Waals surface area contributed by atoms with Crippen molar-refractivity contribution in [3.63, 3.8) is 0 Å².